The third-order valence-corrected chi connectivity index (χ3v) is 5.97. The first-order chi connectivity index (χ1) is 9.30. The molecular weight excluding hydrogens is 306 g/mol. The summed E-state index contributed by atoms with van der Waals surface area (Å²) in [5.74, 6) is 0. The number of thiophene rings is 1. The number of aliphatic hydroxyl groups excluding tert-OH is 1. The summed E-state index contributed by atoms with van der Waals surface area (Å²) in [6, 6.07) is 0.986. The summed E-state index contributed by atoms with van der Waals surface area (Å²) >= 11 is 0.688. The second-order valence-corrected chi connectivity index (χ2v) is 7.54. The number of nitrogen functional groups attached to an aromatic ring is 1. The van der Waals surface area contributed by atoms with E-state index in [2.05, 4.69) is 0 Å². The van der Waals surface area contributed by atoms with E-state index in [4.69, 9.17) is 10.8 Å². The maximum Gasteiger partial charge on any atom is 0.304 e. The molecule has 0 saturated heterocycles. The zero-order valence-corrected chi connectivity index (χ0v) is 12.6. The highest BCUT2D eigenvalue weighted by atomic mass is 32.2. The maximum absolute atomic E-state index is 12.2. The molecule has 0 atom stereocenters. The van der Waals surface area contributed by atoms with Crippen LogP contribution in [0.25, 0.3) is 0 Å². The summed E-state index contributed by atoms with van der Waals surface area (Å²) in [5, 5.41) is 19.2. The van der Waals surface area contributed by atoms with Crippen LogP contribution in [0.1, 0.15) is 19.3 Å². The number of hydrogen-bond acceptors (Lipinski definition) is 7. The Kier molecular flexibility index (Phi) is 5.87. The molecule has 0 amide bonds. The minimum atomic E-state index is -3.76. The third kappa shape index (κ3) is 3.88. The van der Waals surface area contributed by atoms with E-state index in [-0.39, 0.29) is 28.0 Å². The number of anilines is 1. The Morgan fingerprint density at radius 2 is 2.10 bits per heavy atom. The molecule has 0 saturated carbocycles. The zero-order chi connectivity index (χ0) is 15.3. The van der Waals surface area contributed by atoms with Gasteiger partial charge < -0.3 is 10.8 Å². The number of hydrogen-bond donors (Lipinski definition) is 2. The number of unbranched alkanes of at least 4 members (excludes halogenated alkanes) is 2. The van der Waals surface area contributed by atoms with Crippen LogP contribution in [0, 0.1) is 10.1 Å². The minimum absolute atomic E-state index is 0.0735. The van der Waals surface area contributed by atoms with Crippen LogP contribution in [0.3, 0.4) is 0 Å². The lowest BCUT2D eigenvalue weighted by Crippen LogP contribution is -2.27. The van der Waals surface area contributed by atoms with Gasteiger partial charge >= 0.3 is 5.69 Å². The van der Waals surface area contributed by atoms with Crippen LogP contribution in [-0.4, -0.2) is 43.0 Å². The second kappa shape index (κ2) is 6.97. The monoisotopic (exact) mass is 323 g/mol. The molecule has 0 unspecified atom stereocenters. The fraction of sp³-hybridized carbons (Fsp3) is 0.600. The standard InChI is InChI=1S/C10H17N3O5S2/c1-12(5-3-2-4-6-14)20(17,18)9-7-8(13(15)16)10(11)19-9/h7,14H,2-6,11H2,1H3. The van der Waals surface area contributed by atoms with Gasteiger partial charge in [0.25, 0.3) is 10.0 Å². The van der Waals surface area contributed by atoms with Crippen molar-refractivity contribution < 1.29 is 18.4 Å². The number of nitro groups is 1. The highest BCUT2D eigenvalue weighted by Gasteiger charge is 2.27. The van der Waals surface area contributed by atoms with Crippen LogP contribution in [0.4, 0.5) is 10.7 Å². The number of rotatable bonds is 8. The van der Waals surface area contributed by atoms with Crippen molar-refractivity contribution in [1.82, 2.24) is 4.31 Å². The first kappa shape index (κ1) is 16.8. The van der Waals surface area contributed by atoms with Gasteiger partial charge in [-0.25, -0.2) is 12.7 Å². The molecule has 0 aliphatic carbocycles. The highest BCUT2D eigenvalue weighted by Crippen LogP contribution is 2.35. The first-order valence-electron chi connectivity index (χ1n) is 5.91. The SMILES string of the molecule is CN(CCCCCO)S(=O)(=O)c1cc([N+](=O)[O-])c(N)s1. The molecule has 1 aromatic rings. The summed E-state index contributed by atoms with van der Waals surface area (Å²) < 4.78 is 25.4. The van der Waals surface area contributed by atoms with Gasteiger partial charge in [-0.3, -0.25) is 10.1 Å². The number of aliphatic hydroxyl groups is 1. The molecule has 20 heavy (non-hydrogen) atoms. The van der Waals surface area contributed by atoms with Crippen molar-refractivity contribution in [3.8, 4) is 0 Å². The number of sulfonamides is 1. The largest absolute Gasteiger partial charge is 0.396 e. The van der Waals surface area contributed by atoms with Crippen LogP contribution in [-0.2, 0) is 10.0 Å². The Balaban J connectivity index is 2.82. The van der Waals surface area contributed by atoms with E-state index >= 15 is 0 Å². The molecule has 1 heterocycles. The molecule has 0 bridgehead atoms. The lowest BCUT2D eigenvalue weighted by Gasteiger charge is -2.15. The van der Waals surface area contributed by atoms with E-state index in [0.717, 1.165) is 10.4 Å². The third-order valence-electron chi connectivity index (χ3n) is 2.71. The molecule has 0 aliphatic rings. The molecule has 10 heteroatoms. The normalized spacial score (nSPS) is 11.9. The first-order valence-corrected chi connectivity index (χ1v) is 8.17. The highest BCUT2D eigenvalue weighted by molar-refractivity contribution is 7.91. The zero-order valence-electron chi connectivity index (χ0n) is 11.0. The molecule has 3 N–H and O–H groups in total. The summed E-state index contributed by atoms with van der Waals surface area (Å²) in [4.78, 5) is 9.97. The smallest absolute Gasteiger partial charge is 0.304 e. The van der Waals surface area contributed by atoms with Crippen LogP contribution < -0.4 is 5.73 Å². The Labute approximate surface area is 121 Å². The van der Waals surface area contributed by atoms with Crippen LogP contribution in [0.2, 0.25) is 0 Å². The topological polar surface area (TPSA) is 127 Å². The predicted octanol–water partition coefficient (Wildman–Crippen LogP) is 1.02. The molecular formula is C10H17N3O5S2. The molecule has 0 aromatic carbocycles. The van der Waals surface area contributed by atoms with Crippen molar-refractivity contribution >= 4 is 32.0 Å². The Bertz CT molecular complexity index is 569. The van der Waals surface area contributed by atoms with E-state index in [9.17, 15) is 18.5 Å². The van der Waals surface area contributed by atoms with Gasteiger partial charge in [0.1, 0.15) is 4.21 Å². The fourth-order valence-corrected chi connectivity index (χ4v) is 4.17. The number of nitrogens with two attached hydrogens (primary N) is 1. The summed E-state index contributed by atoms with van der Waals surface area (Å²) in [6.45, 7) is 0.359. The van der Waals surface area contributed by atoms with E-state index in [1.165, 1.54) is 7.05 Å². The molecule has 8 nitrogen and oxygen atoms in total. The predicted molar refractivity (Wildman–Crippen MR) is 76.1 cm³/mol. The van der Waals surface area contributed by atoms with E-state index in [0.29, 0.717) is 30.6 Å². The average molecular weight is 323 g/mol. The average Bonchev–Trinajstić information content (AvgIpc) is 2.77. The van der Waals surface area contributed by atoms with Crippen molar-refractivity contribution in [2.24, 2.45) is 0 Å². The summed E-state index contributed by atoms with van der Waals surface area (Å²) in [6.07, 6.45) is 1.94. The summed E-state index contributed by atoms with van der Waals surface area (Å²) in [7, 11) is -2.34. The Morgan fingerprint density at radius 1 is 1.45 bits per heavy atom. The van der Waals surface area contributed by atoms with Crippen molar-refractivity contribution in [3.63, 3.8) is 0 Å². The van der Waals surface area contributed by atoms with Gasteiger partial charge in [0, 0.05) is 26.3 Å². The van der Waals surface area contributed by atoms with E-state index in [1.54, 1.807) is 0 Å². The fourth-order valence-electron chi connectivity index (χ4n) is 1.54. The second-order valence-electron chi connectivity index (χ2n) is 4.18. The van der Waals surface area contributed by atoms with E-state index in [1.807, 2.05) is 0 Å². The molecule has 0 fully saturated rings. The molecule has 114 valence electrons. The van der Waals surface area contributed by atoms with Crippen molar-refractivity contribution in [1.29, 1.82) is 0 Å². The van der Waals surface area contributed by atoms with Gasteiger partial charge in [0.15, 0.2) is 5.00 Å². The molecule has 1 rings (SSSR count). The Morgan fingerprint density at radius 3 is 2.60 bits per heavy atom. The Hall–Kier alpha value is -1.23. The quantitative estimate of drug-likeness (QED) is 0.418. The number of nitrogens with zero attached hydrogens (tertiary/aromatic N) is 2. The van der Waals surface area contributed by atoms with Gasteiger partial charge in [0.2, 0.25) is 0 Å². The van der Waals surface area contributed by atoms with Crippen molar-refractivity contribution in [3.05, 3.63) is 16.2 Å². The van der Waals surface area contributed by atoms with Crippen LogP contribution >= 0.6 is 11.3 Å². The minimum Gasteiger partial charge on any atom is -0.396 e. The molecule has 0 spiro atoms. The van der Waals surface area contributed by atoms with Crippen LogP contribution in [0.15, 0.2) is 10.3 Å². The van der Waals surface area contributed by atoms with Gasteiger partial charge in [0.05, 0.1) is 4.92 Å². The molecule has 1 aromatic heterocycles. The molecule has 0 radical (unpaired) electrons. The van der Waals surface area contributed by atoms with Gasteiger partial charge in [-0.2, -0.15) is 0 Å². The van der Waals surface area contributed by atoms with Gasteiger partial charge in [-0.15, -0.1) is 0 Å². The van der Waals surface area contributed by atoms with E-state index < -0.39 is 14.9 Å². The van der Waals surface area contributed by atoms with Crippen molar-refractivity contribution in [2.45, 2.75) is 23.5 Å². The lowest BCUT2D eigenvalue weighted by atomic mass is 10.2. The van der Waals surface area contributed by atoms with Crippen LogP contribution in [0.5, 0.6) is 0 Å². The summed E-state index contributed by atoms with van der Waals surface area (Å²) in [5.41, 5.74) is 5.06. The molecule has 0 aliphatic heterocycles. The van der Waals surface area contributed by atoms with Crippen molar-refractivity contribution in [2.75, 3.05) is 25.9 Å². The van der Waals surface area contributed by atoms with Gasteiger partial charge in [-0.1, -0.05) is 11.3 Å². The van der Waals surface area contributed by atoms with Gasteiger partial charge in [-0.05, 0) is 19.3 Å². The lowest BCUT2D eigenvalue weighted by molar-refractivity contribution is -0.383. The maximum atomic E-state index is 12.2.